The van der Waals surface area contributed by atoms with E-state index in [-0.39, 0.29) is 21.7 Å². The molecule has 2 nitrogen and oxygen atoms in total. The van der Waals surface area contributed by atoms with Crippen LogP contribution in [-0.2, 0) is 21.7 Å². The first kappa shape index (κ1) is 43.2. The average molecular weight is 881 g/mol. The van der Waals surface area contributed by atoms with Crippen LogP contribution in [0.4, 0.5) is 34.1 Å². The van der Waals surface area contributed by atoms with E-state index in [1.165, 1.54) is 78.1 Å². The van der Waals surface area contributed by atoms with Crippen molar-refractivity contribution in [2.45, 2.75) is 77.0 Å². The van der Waals surface area contributed by atoms with Gasteiger partial charge in [-0.3, -0.25) is 0 Å². The molecule has 0 fully saturated rings. The van der Waals surface area contributed by atoms with Crippen molar-refractivity contribution < 1.29 is 0 Å². The molecule has 9 aromatic carbocycles. The topological polar surface area (TPSA) is 6.48 Å². The van der Waals surface area contributed by atoms with Crippen molar-refractivity contribution in [3.8, 4) is 22.3 Å². The first-order valence-electron chi connectivity index (χ1n) is 24.3. The number of rotatable bonds is 10. The summed E-state index contributed by atoms with van der Waals surface area (Å²) in [6, 6.07) is 81.1. The summed E-state index contributed by atoms with van der Waals surface area (Å²) in [4.78, 5) is 4.79. The van der Waals surface area contributed by atoms with E-state index >= 15 is 0 Å². The third kappa shape index (κ3) is 7.00. The van der Waals surface area contributed by atoms with E-state index in [9.17, 15) is 0 Å². The van der Waals surface area contributed by atoms with Crippen molar-refractivity contribution in [3.63, 3.8) is 0 Å². The van der Waals surface area contributed by atoms with E-state index in [4.69, 9.17) is 0 Å². The molecule has 0 spiro atoms. The highest BCUT2D eigenvalue weighted by atomic mass is 15.1. The van der Waals surface area contributed by atoms with Gasteiger partial charge in [-0.25, -0.2) is 0 Å². The van der Waals surface area contributed by atoms with E-state index in [0.29, 0.717) is 0 Å². The molecule has 0 saturated carbocycles. The lowest BCUT2D eigenvalue weighted by Gasteiger charge is -2.31. The Morgan fingerprint density at radius 2 is 0.529 bits per heavy atom. The lowest BCUT2D eigenvalue weighted by atomic mass is 9.74. The van der Waals surface area contributed by atoms with Crippen LogP contribution in [0.25, 0.3) is 22.3 Å². The summed E-state index contributed by atoms with van der Waals surface area (Å²) in [6.45, 7) is 18.8. The van der Waals surface area contributed by atoms with Crippen molar-refractivity contribution in [2.24, 2.45) is 0 Å². The predicted molar refractivity (Wildman–Crippen MR) is 288 cm³/mol. The van der Waals surface area contributed by atoms with Crippen LogP contribution < -0.4 is 9.80 Å². The molecule has 0 radical (unpaired) electrons. The lowest BCUT2D eigenvalue weighted by Crippen LogP contribution is -2.22. The zero-order valence-corrected chi connectivity index (χ0v) is 40.7. The monoisotopic (exact) mass is 880 g/mol. The Bertz CT molecular complexity index is 3080. The highest BCUT2D eigenvalue weighted by molar-refractivity contribution is 5.87. The molecule has 0 heterocycles. The van der Waals surface area contributed by atoms with Crippen molar-refractivity contribution >= 4 is 34.1 Å². The number of fused-ring (bicyclic) bond motifs is 6. The number of hydrogen-bond acceptors (Lipinski definition) is 2. The Balaban J connectivity index is 0.854. The molecular weight excluding hydrogens is 821 g/mol. The minimum absolute atomic E-state index is 0.0757. The first-order chi connectivity index (χ1) is 32.7. The van der Waals surface area contributed by atoms with Gasteiger partial charge in [0, 0.05) is 55.8 Å². The summed E-state index contributed by atoms with van der Waals surface area (Å²) >= 11 is 0. The average Bonchev–Trinajstić information content (AvgIpc) is 3.74. The van der Waals surface area contributed by atoms with Gasteiger partial charge in [0.15, 0.2) is 0 Å². The Morgan fingerprint density at radius 3 is 0.882 bits per heavy atom. The van der Waals surface area contributed by atoms with E-state index in [1.54, 1.807) is 0 Å². The number of anilines is 6. The molecule has 0 amide bonds. The second-order valence-corrected chi connectivity index (χ2v) is 21.1. The van der Waals surface area contributed by atoms with Gasteiger partial charge >= 0.3 is 0 Å². The highest BCUT2D eigenvalue weighted by Gasteiger charge is 2.37. The van der Waals surface area contributed by atoms with Crippen LogP contribution in [0.15, 0.2) is 218 Å². The molecule has 0 aliphatic heterocycles. The van der Waals surface area contributed by atoms with Crippen LogP contribution in [0.5, 0.6) is 0 Å². The molecular formula is C66H60N2. The number of hydrogen-bond donors (Lipinski definition) is 0. The molecule has 11 rings (SSSR count). The second-order valence-electron chi connectivity index (χ2n) is 21.1. The minimum atomic E-state index is -0.208. The Kier molecular flexibility index (Phi) is 10.2. The summed E-state index contributed by atoms with van der Waals surface area (Å²) in [5.41, 5.74) is 22.4. The van der Waals surface area contributed by atoms with Gasteiger partial charge in [-0.2, -0.15) is 0 Å². The summed E-state index contributed by atoms with van der Waals surface area (Å²) in [7, 11) is 0. The molecule has 9 aromatic rings. The van der Waals surface area contributed by atoms with Crippen molar-refractivity contribution in [3.05, 3.63) is 263 Å². The fraction of sp³-hybridized carbons (Fsp3) is 0.182. The Morgan fingerprint density at radius 1 is 0.265 bits per heavy atom. The minimum Gasteiger partial charge on any atom is -0.310 e. The molecule has 2 heteroatoms. The second kappa shape index (κ2) is 16.1. The Hall–Kier alpha value is -7.42. The smallest absolute Gasteiger partial charge is 0.0465 e. The molecule has 0 atom stereocenters. The fourth-order valence-corrected chi connectivity index (χ4v) is 11.4. The molecule has 0 saturated heterocycles. The van der Waals surface area contributed by atoms with Crippen molar-refractivity contribution in [1.29, 1.82) is 0 Å². The van der Waals surface area contributed by atoms with Crippen LogP contribution >= 0.6 is 0 Å². The Labute approximate surface area is 404 Å². The summed E-state index contributed by atoms with van der Waals surface area (Å²) in [6.07, 6.45) is 0. The number of para-hydroxylation sites is 2. The molecule has 0 N–H and O–H groups in total. The lowest BCUT2D eigenvalue weighted by molar-refractivity contribution is 0.626. The van der Waals surface area contributed by atoms with E-state index in [2.05, 4.69) is 284 Å². The van der Waals surface area contributed by atoms with Crippen molar-refractivity contribution in [1.82, 2.24) is 0 Å². The number of benzene rings is 9. The van der Waals surface area contributed by atoms with E-state index in [1.807, 2.05) is 0 Å². The van der Waals surface area contributed by atoms with Crippen LogP contribution in [0.2, 0.25) is 0 Å². The van der Waals surface area contributed by atoms with Gasteiger partial charge in [-0.1, -0.05) is 201 Å². The maximum Gasteiger partial charge on any atom is 0.0465 e. The predicted octanol–water partition coefficient (Wildman–Crippen LogP) is 17.9. The largest absolute Gasteiger partial charge is 0.310 e. The summed E-state index contributed by atoms with van der Waals surface area (Å²) in [5, 5.41) is 0. The SMILES string of the molecule is CC(C)(c1ccc(N(c2ccccc2)c2ccc3c(c2)C(C)(C)c2ccccc2-3)cc1)c1ccc(C(C)(C)c2ccc(N(c3ccccc3)c3ccc4c(c3)C(C)(C)c3ccccc3-4)cc2)cc1. The third-order valence-electron chi connectivity index (χ3n) is 15.7. The van der Waals surface area contributed by atoms with Crippen molar-refractivity contribution in [2.75, 3.05) is 9.80 Å². The van der Waals surface area contributed by atoms with Gasteiger partial charge in [0.2, 0.25) is 0 Å². The quantitative estimate of drug-likeness (QED) is 0.135. The fourth-order valence-electron chi connectivity index (χ4n) is 11.4. The number of nitrogens with zero attached hydrogens (tertiary/aromatic N) is 2. The first-order valence-corrected chi connectivity index (χ1v) is 24.3. The third-order valence-corrected chi connectivity index (χ3v) is 15.7. The summed E-state index contributed by atoms with van der Waals surface area (Å²) in [5.74, 6) is 0. The molecule has 334 valence electrons. The van der Waals surface area contributed by atoms with Crippen LogP contribution in [0.1, 0.15) is 99.9 Å². The standard InChI is InChI=1S/C66H60N2/c1-63(2,47-31-35-51(36-32-47)67(49-19-11-9-12-20-49)53-39-41-57-55-23-15-17-25-59(55)65(5,6)61(57)43-53)45-27-29-46(30-28-45)64(3,4)48-33-37-52(38-34-48)68(50-21-13-10-14-22-50)54-40-42-58-56-24-16-18-26-60(56)66(7,8)62(58)44-54/h9-44H,1-8H3. The normalized spacial score (nSPS) is 14.1. The van der Waals surface area contributed by atoms with Gasteiger partial charge in [0.25, 0.3) is 0 Å². The zero-order valence-electron chi connectivity index (χ0n) is 40.7. The van der Waals surface area contributed by atoms with Gasteiger partial charge in [-0.05, 0) is 140 Å². The highest BCUT2D eigenvalue weighted by Crippen LogP contribution is 2.52. The van der Waals surface area contributed by atoms with Gasteiger partial charge in [-0.15, -0.1) is 0 Å². The molecule has 0 unspecified atom stereocenters. The molecule has 2 aliphatic carbocycles. The molecule has 0 bridgehead atoms. The molecule has 2 aliphatic rings. The van der Waals surface area contributed by atoms with Gasteiger partial charge in [0.05, 0.1) is 0 Å². The molecule has 0 aromatic heterocycles. The van der Waals surface area contributed by atoms with E-state index < -0.39 is 0 Å². The zero-order chi connectivity index (χ0) is 47.0. The van der Waals surface area contributed by atoms with Crippen LogP contribution in [0.3, 0.4) is 0 Å². The van der Waals surface area contributed by atoms with Gasteiger partial charge < -0.3 is 9.80 Å². The maximum atomic E-state index is 2.41. The molecule has 68 heavy (non-hydrogen) atoms. The van der Waals surface area contributed by atoms with Crippen LogP contribution in [0, 0.1) is 0 Å². The van der Waals surface area contributed by atoms with Gasteiger partial charge in [0.1, 0.15) is 0 Å². The summed E-state index contributed by atoms with van der Waals surface area (Å²) < 4.78 is 0. The maximum absolute atomic E-state index is 2.41. The van der Waals surface area contributed by atoms with E-state index in [0.717, 1.165) is 22.7 Å². The van der Waals surface area contributed by atoms with Crippen LogP contribution in [-0.4, -0.2) is 0 Å².